The Balaban J connectivity index is 2.36. The van der Waals surface area contributed by atoms with Crippen LogP contribution in [-0.4, -0.2) is 58.7 Å². The van der Waals surface area contributed by atoms with Gasteiger partial charge in [0.05, 0.1) is 12.3 Å². The third-order valence-corrected chi connectivity index (χ3v) is 8.95. The van der Waals surface area contributed by atoms with Crippen molar-refractivity contribution in [1.29, 1.82) is 0 Å². The second-order valence-corrected chi connectivity index (χ2v) is 17.7. The maximum absolute atomic E-state index is 14.5. The highest BCUT2D eigenvalue weighted by molar-refractivity contribution is 5.96. The molecular weight excluding hydrogens is 686 g/mol. The number of hydrogen-bond donors (Lipinski definition) is 1. The van der Waals surface area contributed by atoms with Crippen molar-refractivity contribution in [2.75, 3.05) is 0 Å². The number of nitrogens with one attached hydrogen (secondary N) is 1. The fraction of sp³-hybridized carbons (Fsp3) is 0.705. The summed E-state index contributed by atoms with van der Waals surface area (Å²) in [5.41, 5.74) is -3.65. The van der Waals surface area contributed by atoms with E-state index >= 15 is 0 Å². The summed E-state index contributed by atoms with van der Waals surface area (Å²) in [7, 11) is 0. The Labute approximate surface area is 324 Å². The normalized spacial score (nSPS) is 18.9. The number of ether oxygens (including phenoxy) is 4. The molecule has 1 N–H and O–H groups in total. The lowest BCUT2D eigenvalue weighted by Gasteiger charge is -2.33. The first-order valence-corrected chi connectivity index (χ1v) is 20.0. The van der Waals surface area contributed by atoms with E-state index in [-0.39, 0.29) is 6.42 Å². The van der Waals surface area contributed by atoms with Gasteiger partial charge >= 0.3 is 17.9 Å². The van der Waals surface area contributed by atoms with Crippen LogP contribution in [0, 0.1) is 11.3 Å². The molecule has 0 aromatic heterocycles. The minimum absolute atomic E-state index is 0.133. The van der Waals surface area contributed by atoms with E-state index in [1.807, 2.05) is 57.2 Å². The number of allylic oxidation sites excluding steroid dienone is 1. The monoisotopic (exact) mass is 755 g/mol. The summed E-state index contributed by atoms with van der Waals surface area (Å²) in [6.07, 6.45) is 12.8. The number of carbonyl (C=O) groups excluding carboxylic acids is 5. The van der Waals surface area contributed by atoms with E-state index in [0.717, 1.165) is 44.1 Å². The Bertz CT molecular complexity index is 1380. The highest BCUT2D eigenvalue weighted by atomic mass is 16.8. The van der Waals surface area contributed by atoms with Gasteiger partial charge in [-0.15, -0.1) is 0 Å². The Hall–Kier alpha value is -3.53. The summed E-state index contributed by atoms with van der Waals surface area (Å²) in [4.78, 5) is 67.8. The number of carbonyl (C=O) groups is 5. The van der Waals surface area contributed by atoms with Gasteiger partial charge in [-0.05, 0) is 72.8 Å². The number of benzene rings is 1. The molecular formula is C44H69NO9. The second-order valence-electron chi connectivity index (χ2n) is 17.7. The van der Waals surface area contributed by atoms with Crippen LogP contribution in [0.2, 0.25) is 0 Å². The standard InChI is InChI=1S/C44H69NO9/c1-11-12-13-16-22-27-33(46)28-23-17-14-15-18-24-29-34(37(48)45-35(38(49)53-43(8,9)10)30-32-25-20-19-21-26-32)44(31-36(47)52-42(5,6)7)39(50)51-40(54-44)41(2,3)4/h19-21,24-26,29,34-35,40H,11-18,22-23,27-28,30-31H2,1-10H3,(H,45,48)/b29-24+/t34-,35-,40+,44-/m0/s1. The van der Waals surface area contributed by atoms with Gasteiger partial charge in [0.15, 0.2) is 5.60 Å². The van der Waals surface area contributed by atoms with Gasteiger partial charge in [-0.25, -0.2) is 9.59 Å². The molecule has 1 fully saturated rings. The van der Waals surface area contributed by atoms with Gasteiger partial charge in [0.1, 0.15) is 23.0 Å². The number of esters is 3. The molecule has 1 aliphatic rings. The minimum atomic E-state index is -2.07. The molecule has 10 heteroatoms. The predicted octanol–water partition coefficient (Wildman–Crippen LogP) is 8.91. The highest BCUT2D eigenvalue weighted by Crippen LogP contribution is 2.42. The molecule has 1 saturated heterocycles. The number of cyclic esters (lactones) is 1. The molecule has 1 aliphatic heterocycles. The third-order valence-electron chi connectivity index (χ3n) is 8.95. The maximum atomic E-state index is 14.5. The second kappa shape index (κ2) is 21.5. The number of Topliss-reactive ketones (excluding diaryl/α,β-unsaturated/α-hetero) is 1. The summed E-state index contributed by atoms with van der Waals surface area (Å²) in [6, 6.07) is 8.13. The SMILES string of the molecule is CCCCCCCC(=O)CCCCCC/C=C/[C@@H](C(=O)N[C@@H](Cc1ccccc1)C(=O)OC(C)(C)C)[C@]1(CC(=O)OC(C)(C)C)O[C@H](C(C)(C)C)OC1=O. The number of unbranched alkanes of at least 4 members (excludes halogenated alkanes) is 8. The van der Waals surface area contributed by atoms with Crippen LogP contribution in [0.4, 0.5) is 0 Å². The molecule has 2 rings (SSSR count). The molecule has 0 bridgehead atoms. The fourth-order valence-electron chi connectivity index (χ4n) is 6.18. The van der Waals surface area contributed by atoms with Gasteiger partial charge in [-0.1, -0.05) is 109 Å². The largest absolute Gasteiger partial charge is 0.460 e. The molecule has 0 saturated carbocycles. The van der Waals surface area contributed by atoms with Gasteiger partial charge in [0.25, 0.3) is 0 Å². The van der Waals surface area contributed by atoms with Gasteiger partial charge in [-0.2, -0.15) is 0 Å². The first kappa shape index (κ1) is 46.6. The van der Waals surface area contributed by atoms with Crippen LogP contribution in [0.25, 0.3) is 0 Å². The summed E-state index contributed by atoms with van der Waals surface area (Å²) in [5, 5.41) is 2.85. The van der Waals surface area contributed by atoms with Gasteiger partial charge < -0.3 is 24.3 Å². The Kier molecular flexibility index (Phi) is 18.6. The van der Waals surface area contributed by atoms with E-state index in [9.17, 15) is 24.0 Å². The molecule has 1 aromatic rings. The van der Waals surface area contributed by atoms with Crippen LogP contribution in [0.5, 0.6) is 0 Å². The summed E-state index contributed by atoms with van der Waals surface area (Å²) >= 11 is 0. The molecule has 1 heterocycles. The van der Waals surface area contributed by atoms with E-state index < -0.39 is 70.7 Å². The van der Waals surface area contributed by atoms with Crippen molar-refractivity contribution in [1.82, 2.24) is 5.32 Å². The van der Waals surface area contributed by atoms with Crippen molar-refractivity contribution in [3.8, 4) is 0 Å². The van der Waals surface area contributed by atoms with Gasteiger partial charge in [0, 0.05) is 24.7 Å². The van der Waals surface area contributed by atoms with Gasteiger partial charge in [-0.3, -0.25) is 14.4 Å². The first-order chi connectivity index (χ1) is 25.2. The van der Waals surface area contributed by atoms with E-state index in [4.69, 9.17) is 18.9 Å². The van der Waals surface area contributed by atoms with E-state index in [1.54, 1.807) is 47.6 Å². The average Bonchev–Trinajstić information content (AvgIpc) is 3.38. The summed E-state index contributed by atoms with van der Waals surface area (Å²) in [5.74, 6) is -3.96. The van der Waals surface area contributed by atoms with Crippen LogP contribution in [0.15, 0.2) is 42.5 Å². The zero-order valence-corrected chi connectivity index (χ0v) is 34.8. The van der Waals surface area contributed by atoms with Crippen LogP contribution in [0.1, 0.15) is 158 Å². The maximum Gasteiger partial charge on any atom is 0.342 e. The van der Waals surface area contributed by atoms with Crippen molar-refractivity contribution in [2.45, 2.75) is 188 Å². The van der Waals surface area contributed by atoms with Crippen LogP contribution in [-0.2, 0) is 49.3 Å². The summed E-state index contributed by atoms with van der Waals surface area (Å²) < 4.78 is 23.5. The fourth-order valence-corrected chi connectivity index (χ4v) is 6.18. The molecule has 0 aliphatic carbocycles. The highest BCUT2D eigenvalue weighted by Gasteiger charge is 2.61. The van der Waals surface area contributed by atoms with Crippen molar-refractivity contribution in [3.63, 3.8) is 0 Å². The molecule has 0 spiro atoms. The Morgan fingerprint density at radius 1 is 0.815 bits per heavy atom. The van der Waals surface area contributed by atoms with Crippen molar-refractivity contribution in [2.24, 2.45) is 11.3 Å². The quantitative estimate of drug-likeness (QED) is 0.0533. The lowest BCUT2D eigenvalue weighted by molar-refractivity contribution is -0.178. The molecule has 0 unspecified atom stereocenters. The molecule has 54 heavy (non-hydrogen) atoms. The molecule has 304 valence electrons. The topological polar surface area (TPSA) is 134 Å². The number of ketones is 1. The van der Waals surface area contributed by atoms with Crippen LogP contribution < -0.4 is 5.32 Å². The molecule has 1 aromatic carbocycles. The zero-order valence-electron chi connectivity index (χ0n) is 34.8. The van der Waals surface area contributed by atoms with Crippen molar-refractivity contribution < 1.29 is 42.9 Å². The average molecular weight is 756 g/mol. The van der Waals surface area contributed by atoms with Gasteiger partial charge in [0.2, 0.25) is 12.2 Å². The minimum Gasteiger partial charge on any atom is -0.460 e. The van der Waals surface area contributed by atoms with Crippen LogP contribution in [0.3, 0.4) is 0 Å². The predicted molar refractivity (Wildman–Crippen MR) is 210 cm³/mol. The Morgan fingerprint density at radius 3 is 1.93 bits per heavy atom. The zero-order chi connectivity index (χ0) is 40.6. The van der Waals surface area contributed by atoms with E-state index in [0.29, 0.717) is 25.0 Å². The van der Waals surface area contributed by atoms with E-state index in [1.165, 1.54) is 19.3 Å². The van der Waals surface area contributed by atoms with E-state index in [2.05, 4.69) is 12.2 Å². The smallest absolute Gasteiger partial charge is 0.342 e. The van der Waals surface area contributed by atoms with Crippen molar-refractivity contribution >= 4 is 29.6 Å². The molecule has 4 atom stereocenters. The molecule has 0 radical (unpaired) electrons. The molecule has 1 amide bonds. The lowest BCUT2D eigenvalue weighted by atomic mass is 9.82. The Morgan fingerprint density at radius 2 is 1.39 bits per heavy atom. The number of rotatable bonds is 22. The third kappa shape index (κ3) is 16.9. The summed E-state index contributed by atoms with van der Waals surface area (Å²) in [6.45, 7) is 18.1. The number of amides is 1. The lowest BCUT2D eigenvalue weighted by Crippen LogP contribution is -2.55. The van der Waals surface area contributed by atoms with Crippen molar-refractivity contribution in [3.05, 3.63) is 48.0 Å². The first-order valence-electron chi connectivity index (χ1n) is 20.0. The molecule has 10 nitrogen and oxygen atoms in total. The number of hydrogen-bond acceptors (Lipinski definition) is 9. The van der Waals surface area contributed by atoms with Crippen LogP contribution >= 0.6 is 0 Å².